The van der Waals surface area contributed by atoms with E-state index in [1.165, 1.54) is 54.6 Å². The summed E-state index contributed by atoms with van der Waals surface area (Å²) in [7, 11) is 0. The van der Waals surface area contributed by atoms with Gasteiger partial charge in [0.25, 0.3) is 0 Å². The van der Waals surface area contributed by atoms with E-state index < -0.39 is 0 Å². The van der Waals surface area contributed by atoms with Crippen molar-refractivity contribution >= 4 is 43.3 Å². The lowest BCUT2D eigenvalue weighted by atomic mass is 9.85. The maximum atomic E-state index is 5.60. The van der Waals surface area contributed by atoms with Gasteiger partial charge in [-0.25, -0.2) is 0 Å². The van der Waals surface area contributed by atoms with Crippen LogP contribution in [0.3, 0.4) is 0 Å². The van der Waals surface area contributed by atoms with Crippen molar-refractivity contribution in [2.45, 2.75) is 0 Å². The molecular formula is C32H20O. The standard InChI is InChI=1S/C32H20O/c1-2-8-22-19-24(14-13-21(22)7-1)31-26-9-3-5-11-28(26)32(29-12-6-4-10-27(29)31)25-15-16-30-23(20-25)17-18-33-30/h1-20H. The molecule has 1 heterocycles. The van der Waals surface area contributed by atoms with Gasteiger partial charge in [0.1, 0.15) is 5.58 Å². The Morgan fingerprint density at radius 2 is 0.909 bits per heavy atom. The minimum Gasteiger partial charge on any atom is -0.464 e. The van der Waals surface area contributed by atoms with Crippen LogP contribution in [0.2, 0.25) is 0 Å². The van der Waals surface area contributed by atoms with Crippen LogP contribution in [0.4, 0.5) is 0 Å². The second kappa shape index (κ2) is 7.08. The molecule has 0 bridgehead atoms. The summed E-state index contributed by atoms with van der Waals surface area (Å²) < 4.78 is 5.60. The SMILES string of the molecule is c1ccc2cc(-c3c4ccccc4c(-c4ccc5occc5c4)c4ccccc34)ccc2c1. The number of furan rings is 1. The fraction of sp³-hybridized carbons (Fsp3) is 0. The topological polar surface area (TPSA) is 13.1 Å². The Labute approximate surface area is 191 Å². The monoisotopic (exact) mass is 420 g/mol. The average molecular weight is 421 g/mol. The van der Waals surface area contributed by atoms with Crippen molar-refractivity contribution in [3.05, 3.63) is 122 Å². The molecular weight excluding hydrogens is 400 g/mol. The van der Waals surface area contributed by atoms with Crippen molar-refractivity contribution in [2.24, 2.45) is 0 Å². The van der Waals surface area contributed by atoms with E-state index in [0.29, 0.717) is 0 Å². The van der Waals surface area contributed by atoms with Crippen molar-refractivity contribution in [3.8, 4) is 22.3 Å². The van der Waals surface area contributed by atoms with Crippen LogP contribution in [0, 0.1) is 0 Å². The van der Waals surface area contributed by atoms with Crippen LogP contribution in [0.5, 0.6) is 0 Å². The first-order valence-corrected chi connectivity index (χ1v) is 11.3. The summed E-state index contributed by atoms with van der Waals surface area (Å²) in [5.41, 5.74) is 5.94. The van der Waals surface area contributed by atoms with E-state index in [0.717, 1.165) is 11.0 Å². The Kier molecular flexibility index (Phi) is 3.91. The molecule has 0 fully saturated rings. The molecule has 0 amide bonds. The molecule has 0 N–H and O–H groups in total. The Morgan fingerprint density at radius 1 is 0.394 bits per heavy atom. The van der Waals surface area contributed by atoms with Gasteiger partial charge in [0, 0.05) is 5.39 Å². The Bertz CT molecular complexity index is 1760. The molecule has 0 radical (unpaired) electrons. The zero-order valence-corrected chi connectivity index (χ0v) is 18.0. The van der Waals surface area contributed by atoms with Crippen LogP contribution in [-0.2, 0) is 0 Å². The van der Waals surface area contributed by atoms with Gasteiger partial charge >= 0.3 is 0 Å². The third-order valence-electron chi connectivity index (χ3n) is 6.71. The quantitative estimate of drug-likeness (QED) is 0.254. The second-order valence-corrected chi connectivity index (χ2v) is 8.58. The van der Waals surface area contributed by atoms with Gasteiger partial charge in [0.05, 0.1) is 6.26 Å². The highest BCUT2D eigenvalue weighted by Gasteiger charge is 2.17. The minimum atomic E-state index is 0.917. The summed E-state index contributed by atoms with van der Waals surface area (Å²) in [6.07, 6.45) is 1.76. The second-order valence-electron chi connectivity index (χ2n) is 8.58. The summed E-state index contributed by atoms with van der Waals surface area (Å²) in [6, 6.07) is 41.5. The summed E-state index contributed by atoms with van der Waals surface area (Å²) in [4.78, 5) is 0. The summed E-state index contributed by atoms with van der Waals surface area (Å²) in [6.45, 7) is 0. The number of benzene rings is 6. The van der Waals surface area contributed by atoms with Crippen molar-refractivity contribution in [3.63, 3.8) is 0 Å². The van der Waals surface area contributed by atoms with Crippen LogP contribution in [0.1, 0.15) is 0 Å². The van der Waals surface area contributed by atoms with Gasteiger partial charge < -0.3 is 4.42 Å². The molecule has 0 aliphatic heterocycles. The van der Waals surface area contributed by atoms with Crippen molar-refractivity contribution in [2.75, 3.05) is 0 Å². The first kappa shape index (κ1) is 18.2. The van der Waals surface area contributed by atoms with E-state index in [2.05, 4.69) is 109 Å². The van der Waals surface area contributed by atoms with Crippen molar-refractivity contribution < 1.29 is 4.42 Å². The molecule has 6 aromatic carbocycles. The van der Waals surface area contributed by atoms with Gasteiger partial charge in [-0.05, 0) is 78.8 Å². The molecule has 154 valence electrons. The van der Waals surface area contributed by atoms with Gasteiger partial charge in [0.2, 0.25) is 0 Å². The third kappa shape index (κ3) is 2.79. The Hall–Kier alpha value is -4.36. The van der Waals surface area contributed by atoms with E-state index in [9.17, 15) is 0 Å². The van der Waals surface area contributed by atoms with Gasteiger partial charge in [-0.2, -0.15) is 0 Å². The first-order chi connectivity index (χ1) is 16.4. The highest BCUT2D eigenvalue weighted by Crippen LogP contribution is 2.44. The molecule has 1 nitrogen and oxygen atoms in total. The average Bonchev–Trinajstić information content (AvgIpc) is 3.35. The van der Waals surface area contributed by atoms with E-state index >= 15 is 0 Å². The molecule has 0 unspecified atom stereocenters. The molecule has 0 atom stereocenters. The number of rotatable bonds is 2. The lowest BCUT2D eigenvalue weighted by Crippen LogP contribution is -1.90. The molecule has 0 aliphatic carbocycles. The predicted molar refractivity (Wildman–Crippen MR) is 140 cm³/mol. The highest BCUT2D eigenvalue weighted by molar-refractivity contribution is 6.22. The van der Waals surface area contributed by atoms with Crippen LogP contribution in [0.15, 0.2) is 126 Å². The van der Waals surface area contributed by atoms with Crippen LogP contribution >= 0.6 is 0 Å². The maximum Gasteiger partial charge on any atom is 0.133 e. The summed E-state index contributed by atoms with van der Waals surface area (Å²) >= 11 is 0. The predicted octanol–water partition coefficient (Wildman–Crippen LogP) is 9.23. The van der Waals surface area contributed by atoms with Gasteiger partial charge in [-0.3, -0.25) is 0 Å². The van der Waals surface area contributed by atoms with Crippen molar-refractivity contribution in [1.82, 2.24) is 0 Å². The molecule has 33 heavy (non-hydrogen) atoms. The molecule has 0 aliphatic rings. The normalized spacial score (nSPS) is 11.6. The highest BCUT2D eigenvalue weighted by atomic mass is 16.3. The van der Waals surface area contributed by atoms with E-state index in [1.54, 1.807) is 6.26 Å². The minimum absolute atomic E-state index is 0.917. The number of fused-ring (bicyclic) bond motifs is 4. The van der Waals surface area contributed by atoms with E-state index in [-0.39, 0.29) is 0 Å². The van der Waals surface area contributed by atoms with E-state index in [1.807, 2.05) is 6.07 Å². The molecule has 0 spiro atoms. The zero-order valence-electron chi connectivity index (χ0n) is 18.0. The molecule has 1 heteroatoms. The fourth-order valence-corrected chi connectivity index (χ4v) is 5.22. The van der Waals surface area contributed by atoms with Crippen LogP contribution in [0.25, 0.3) is 65.5 Å². The number of hydrogen-bond acceptors (Lipinski definition) is 1. The zero-order chi connectivity index (χ0) is 21.8. The van der Waals surface area contributed by atoms with Gasteiger partial charge in [-0.1, -0.05) is 91.0 Å². The largest absolute Gasteiger partial charge is 0.464 e. The third-order valence-corrected chi connectivity index (χ3v) is 6.71. The van der Waals surface area contributed by atoms with Crippen LogP contribution < -0.4 is 0 Å². The summed E-state index contributed by atoms with van der Waals surface area (Å²) in [5.74, 6) is 0. The molecule has 7 rings (SSSR count). The number of hydrogen-bond donors (Lipinski definition) is 0. The maximum absolute atomic E-state index is 5.60. The molecule has 0 saturated heterocycles. The van der Waals surface area contributed by atoms with Crippen molar-refractivity contribution in [1.29, 1.82) is 0 Å². The molecule has 1 aromatic heterocycles. The van der Waals surface area contributed by atoms with Gasteiger partial charge in [-0.15, -0.1) is 0 Å². The molecule has 7 aromatic rings. The first-order valence-electron chi connectivity index (χ1n) is 11.3. The van der Waals surface area contributed by atoms with E-state index in [4.69, 9.17) is 4.42 Å². The summed E-state index contributed by atoms with van der Waals surface area (Å²) in [5, 5.41) is 8.73. The van der Waals surface area contributed by atoms with Crippen LogP contribution in [-0.4, -0.2) is 0 Å². The van der Waals surface area contributed by atoms with Gasteiger partial charge in [0.15, 0.2) is 0 Å². The Morgan fingerprint density at radius 3 is 1.55 bits per heavy atom. The lowest BCUT2D eigenvalue weighted by molar-refractivity contribution is 0.616. The molecule has 0 saturated carbocycles. The fourth-order valence-electron chi connectivity index (χ4n) is 5.22. The lowest BCUT2D eigenvalue weighted by Gasteiger charge is -2.18. The Balaban J connectivity index is 1.62. The smallest absolute Gasteiger partial charge is 0.133 e.